The summed E-state index contributed by atoms with van der Waals surface area (Å²) in [6, 6.07) is 17.0. The first-order valence-electron chi connectivity index (χ1n) is 7.09. The molecular formula is C18H13BrClNO2. The van der Waals surface area contributed by atoms with Gasteiger partial charge in [-0.1, -0.05) is 51.8 Å². The van der Waals surface area contributed by atoms with Crippen molar-refractivity contribution in [2.45, 2.75) is 18.6 Å². The first-order chi connectivity index (χ1) is 11.1. The third-order valence-corrected chi connectivity index (χ3v) is 4.56. The van der Waals surface area contributed by atoms with Crippen LogP contribution in [-0.2, 0) is 4.74 Å². The van der Waals surface area contributed by atoms with Crippen LogP contribution >= 0.6 is 27.5 Å². The molecule has 2 aromatic carbocycles. The summed E-state index contributed by atoms with van der Waals surface area (Å²) in [5.41, 5.74) is 2.21. The Morgan fingerprint density at radius 2 is 1.78 bits per heavy atom. The second-order valence-electron chi connectivity index (χ2n) is 5.27. The van der Waals surface area contributed by atoms with E-state index in [9.17, 15) is 10.4 Å². The molecule has 1 unspecified atom stereocenters. The van der Waals surface area contributed by atoms with E-state index >= 15 is 0 Å². The van der Waals surface area contributed by atoms with Gasteiger partial charge in [-0.05, 0) is 29.8 Å². The molecular weight excluding hydrogens is 378 g/mol. The van der Waals surface area contributed by atoms with Gasteiger partial charge in [-0.2, -0.15) is 5.26 Å². The van der Waals surface area contributed by atoms with Gasteiger partial charge < -0.3 is 9.84 Å². The highest BCUT2D eigenvalue weighted by Crippen LogP contribution is 2.40. The Morgan fingerprint density at radius 3 is 2.39 bits per heavy atom. The molecule has 0 saturated carbocycles. The lowest BCUT2D eigenvalue weighted by Gasteiger charge is -2.29. The zero-order valence-corrected chi connectivity index (χ0v) is 14.4. The van der Waals surface area contributed by atoms with Crippen LogP contribution in [0.5, 0.6) is 0 Å². The first kappa shape index (κ1) is 16.1. The van der Waals surface area contributed by atoms with E-state index in [4.69, 9.17) is 16.3 Å². The fourth-order valence-corrected chi connectivity index (χ4v) is 3.07. The molecule has 2 atom stereocenters. The molecule has 0 amide bonds. The van der Waals surface area contributed by atoms with Gasteiger partial charge in [0.15, 0.2) is 6.29 Å². The highest BCUT2D eigenvalue weighted by atomic mass is 79.9. The topological polar surface area (TPSA) is 53.2 Å². The highest BCUT2D eigenvalue weighted by molar-refractivity contribution is 9.10. The monoisotopic (exact) mass is 389 g/mol. The molecule has 1 aliphatic heterocycles. The number of halogens is 2. The Hall–Kier alpha value is -1.80. The fraction of sp³-hybridized carbons (Fsp3) is 0.167. The Labute approximate surface area is 147 Å². The molecule has 3 nitrogen and oxygen atoms in total. The summed E-state index contributed by atoms with van der Waals surface area (Å²) >= 11 is 9.32. The van der Waals surface area contributed by atoms with Gasteiger partial charge >= 0.3 is 0 Å². The molecule has 0 spiro atoms. The molecule has 0 saturated heterocycles. The molecule has 0 radical (unpaired) electrons. The number of aliphatic hydroxyl groups is 1. The SMILES string of the molecule is N#CC1=C(c2ccc(Br)cc2)OC(O)C[C@H]1c1ccc(Cl)cc1. The minimum absolute atomic E-state index is 0.223. The number of nitrogens with zero attached hydrogens (tertiary/aromatic N) is 1. The zero-order valence-electron chi connectivity index (χ0n) is 12.0. The second-order valence-corrected chi connectivity index (χ2v) is 6.63. The largest absolute Gasteiger partial charge is 0.463 e. The molecule has 1 aliphatic rings. The molecule has 1 N–H and O–H groups in total. The van der Waals surface area contributed by atoms with E-state index in [0.717, 1.165) is 15.6 Å². The molecule has 1 heterocycles. The number of allylic oxidation sites excluding steroid dienone is 1. The van der Waals surface area contributed by atoms with Crippen LogP contribution in [0, 0.1) is 11.3 Å². The molecule has 5 heteroatoms. The maximum absolute atomic E-state index is 10.1. The van der Waals surface area contributed by atoms with Crippen LogP contribution in [0.4, 0.5) is 0 Å². The smallest absolute Gasteiger partial charge is 0.198 e. The van der Waals surface area contributed by atoms with Crippen molar-refractivity contribution in [3.63, 3.8) is 0 Å². The van der Waals surface area contributed by atoms with Gasteiger partial charge in [-0.15, -0.1) is 0 Å². The summed E-state index contributed by atoms with van der Waals surface area (Å²) in [6.07, 6.45) is -0.615. The highest BCUT2D eigenvalue weighted by Gasteiger charge is 2.31. The first-order valence-corrected chi connectivity index (χ1v) is 8.26. The number of aliphatic hydroxyl groups excluding tert-OH is 1. The maximum atomic E-state index is 10.1. The van der Waals surface area contributed by atoms with Gasteiger partial charge in [0.05, 0.1) is 11.6 Å². The summed E-state index contributed by atoms with van der Waals surface area (Å²) in [5, 5.41) is 20.4. The van der Waals surface area contributed by atoms with Crippen molar-refractivity contribution in [3.05, 3.63) is 74.7 Å². The van der Waals surface area contributed by atoms with E-state index in [-0.39, 0.29) is 5.92 Å². The number of rotatable bonds is 2. The number of benzene rings is 2. The summed E-state index contributed by atoms with van der Waals surface area (Å²) in [4.78, 5) is 0. The van der Waals surface area contributed by atoms with E-state index in [1.807, 2.05) is 36.4 Å². The Kier molecular flexibility index (Phi) is 4.72. The number of nitriles is 1. The van der Waals surface area contributed by atoms with Crippen LogP contribution in [0.15, 0.2) is 58.6 Å². The fourth-order valence-electron chi connectivity index (χ4n) is 2.68. The lowest BCUT2D eigenvalue weighted by molar-refractivity contribution is -0.0545. The third-order valence-electron chi connectivity index (χ3n) is 3.78. The summed E-state index contributed by atoms with van der Waals surface area (Å²) in [7, 11) is 0. The average Bonchev–Trinajstić information content (AvgIpc) is 2.55. The quantitative estimate of drug-likeness (QED) is 0.796. The molecule has 0 aliphatic carbocycles. The van der Waals surface area contributed by atoms with E-state index in [1.165, 1.54) is 0 Å². The summed E-state index contributed by atoms with van der Waals surface area (Å²) in [5.74, 6) is 0.207. The second kappa shape index (κ2) is 6.76. The van der Waals surface area contributed by atoms with Crippen molar-refractivity contribution in [2.75, 3.05) is 0 Å². The molecule has 0 aromatic heterocycles. The van der Waals surface area contributed by atoms with Crippen LogP contribution in [-0.4, -0.2) is 11.4 Å². The Balaban J connectivity index is 2.09. The predicted octanol–water partition coefficient (Wildman–Crippen LogP) is 4.86. The van der Waals surface area contributed by atoms with Crippen LogP contribution in [0.3, 0.4) is 0 Å². The van der Waals surface area contributed by atoms with Crippen LogP contribution in [0.1, 0.15) is 23.5 Å². The molecule has 3 rings (SSSR count). The Bertz CT molecular complexity index is 778. The zero-order chi connectivity index (χ0) is 16.4. The number of ether oxygens (including phenoxy) is 1. The van der Waals surface area contributed by atoms with Crippen molar-refractivity contribution in [3.8, 4) is 6.07 Å². The third kappa shape index (κ3) is 3.42. The van der Waals surface area contributed by atoms with Gasteiger partial charge in [0.25, 0.3) is 0 Å². The van der Waals surface area contributed by atoms with Gasteiger partial charge in [-0.25, -0.2) is 0 Å². The predicted molar refractivity (Wildman–Crippen MR) is 92.6 cm³/mol. The van der Waals surface area contributed by atoms with Gasteiger partial charge in [0.1, 0.15) is 5.76 Å². The number of hydrogen-bond acceptors (Lipinski definition) is 3. The molecule has 0 fully saturated rings. The maximum Gasteiger partial charge on any atom is 0.198 e. The van der Waals surface area contributed by atoms with Gasteiger partial charge in [0, 0.05) is 27.4 Å². The van der Waals surface area contributed by atoms with Gasteiger partial charge in [-0.3, -0.25) is 0 Å². The summed E-state index contributed by atoms with van der Waals surface area (Å²) in [6.45, 7) is 0. The van der Waals surface area contributed by atoms with Crippen molar-refractivity contribution < 1.29 is 9.84 Å². The number of hydrogen-bond donors (Lipinski definition) is 1. The minimum Gasteiger partial charge on any atom is -0.463 e. The Morgan fingerprint density at radius 1 is 1.13 bits per heavy atom. The van der Waals surface area contributed by atoms with Crippen molar-refractivity contribution in [1.29, 1.82) is 5.26 Å². The van der Waals surface area contributed by atoms with E-state index in [2.05, 4.69) is 22.0 Å². The van der Waals surface area contributed by atoms with Crippen molar-refractivity contribution in [1.82, 2.24) is 0 Å². The van der Waals surface area contributed by atoms with E-state index in [0.29, 0.717) is 22.8 Å². The van der Waals surface area contributed by atoms with Crippen LogP contribution in [0.25, 0.3) is 5.76 Å². The van der Waals surface area contributed by atoms with E-state index in [1.54, 1.807) is 12.1 Å². The van der Waals surface area contributed by atoms with Crippen molar-refractivity contribution >= 4 is 33.3 Å². The molecule has 23 heavy (non-hydrogen) atoms. The molecule has 116 valence electrons. The molecule has 0 bridgehead atoms. The lowest BCUT2D eigenvalue weighted by Crippen LogP contribution is -2.23. The minimum atomic E-state index is -0.952. The van der Waals surface area contributed by atoms with Crippen molar-refractivity contribution in [2.24, 2.45) is 0 Å². The average molecular weight is 391 g/mol. The lowest BCUT2D eigenvalue weighted by atomic mass is 9.85. The molecule has 2 aromatic rings. The van der Waals surface area contributed by atoms with E-state index < -0.39 is 6.29 Å². The normalized spacial score (nSPS) is 20.8. The van der Waals surface area contributed by atoms with Crippen LogP contribution in [0.2, 0.25) is 5.02 Å². The summed E-state index contributed by atoms with van der Waals surface area (Å²) < 4.78 is 6.50. The van der Waals surface area contributed by atoms with Gasteiger partial charge in [0.2, 0.25) is 0 Å². The standard InChI is InChI=1S/C18H13BrClNO2/c19-13-5-1-12(2-6-13)18-16(10-21)15(9-17(22)23-18)11-3-7-14(20)8-4-11/h1-8,15,17,22H,9H2/t15-,17?/m0/s1. The van der Waals surface area contributed by atoms with Crippen LogP contribution < -0.4 is 0 Å².